The topological polar surface area (TPSA) is 0 Å². The number of hydrogen-bond donors (Lipinski definition) is 0. The predicted molar refractivity (Wildman–Crippen MR) is 52.1 cm³/mol. The molecule has 80 valence electrons. The lowest BCUT2D eigenvalue weighted by atomic mass is 9.99. The van der Waals surface area contributed by atoms with Crippen molar-refractivity contribution in [1.82, 2.24) is 0 Å². The van der Waals surface area contributed by atoms with Gasteiger partial charge in [-0.05, 0) is 25.2 Å². The van der Waals surface area contributed by atoms with Crippen molar-refractivity contribution in [2.75, 3.05) is 0 Å². The highest BCUT2D eigenvalue weighted by Gasteiger charge is 2.26. The number of halogens is 4. The van der Waals surface area contributed by atoms with E-state index in [4.69, 9.17) is 0 Å². The molecule has 2 unspecified atom stereocenters. The van der Waals surface area contributed by atoms with Crippen LogP contribution < -0.4 is 0 Å². The second-order valence-electron chi connectivity index (χ2n) is 3.41. The molecule has 0 aliphatic heterocycles. The van der Waals surface area contributed by atoms with E-state index >= 15 is 0 Å². The minimum atomic E-state index is -3.99. The molecule has 0 saturated heterocycles. The summed E-state index contributed by atoms with van der Waals surface area (Å²) in [5.74, 6) is 0.326. The standard InChI is InChI=1S/C9H16BrF3/c1-3-8(10)7(2)5-4-6-9(11,12)13/h7-8H,3-6H2,1-2H3. The van der Waals surface area contributed by atoms with Crippen molar-refractivity contribution < 1.29 is 13.2 Å². The maximum absolute atomic E-state index is 11.8. The van der Waals surface area contributed by atoms with Gasteiger partial charge in [-0.2, -0.15) is 13.2 Å². The van der Waals surface area contributed by atoms with Gasteiger partial charge in [0, 0.05) is 11.2 Å². The molecule has 0 fully saturated rings. The Morgan fingerprint density at radius 2 is 1.85 bits per heavy atom. The van der Waals surface area contributed by atoms with Gasteiger partial charge in [0.15, 0.2) is 0 Å². The highest BCUT2D eigenvalue weighted by atomic mass is 79.9. The summed E-state index contributed by atoms with van der Waals surface area (Å²) in [7, 11) is 0. The van der Waals surface area contributed by atoms with Crippen molar-refractivity contribution in [3.8, 4) is 0 Å². The second-order valence-corrected chi connectivity index (χ2v) is 4.59. The fourth-order valence-corrected chi connectivity index (χ4v) is 1.47. The summed E-state index contributed by atoms with van der Waals surface area (Å²) in [6.45, 7) is 4.01. The van der Waals surface area contributed by atoms with Crippen LogP contribution in [0.2, 0.25) is 0 Å². The van der Waals surface area contributed by atoms with E-state index in [1.807, 2.05) is 13.8 Å². The lowest BCUT2D eigenvalue weighted by Crippen LogP contribution is -2.12. The summed E-state index contributed by atoms with van der Waals surface area (Å²) in [5.41, 5.74) is 0. The maximum Gasteiger partial charge on any atom is 0.389 e. The predicted octanol–water partition coefficient (Wildman–Crippen LogP) is 4.53. The second kappa shape index (κ2) is 5.89. The number of alkyl halides is 4. The van der Waals surface area contributed by atoms with Crippen molar-refractivity contribution >= 4 is 15.9 Å². The van der Waals surface area contributed by atoms with Crippen LogP contribution in [0.1, 0.15) is 39.5 Å². The van der Waals surface area contributed by atoms with Crippen molar-refractivity contribution in [3.05, 3.63) is 0 Å². The third-order valence-electron chi connectivity index (χ3n) is 2.13. The van der Waals surface area contributed by atoms with E-state index in [9.17, 15) is 13.2 Å². The largest absolute Gasteiger partial charge is 0.389 e. The zero-order valence-electron chi connectivity index (χ0n) is 7.99. The molecule has 0 aliphatic carbocycles. The Bertz CT molecular complexity index is 133. The fraction of sp³-hybridized carbons (Fsp3) is 1.00. The summed E-state index contributed by atoms with van der Waals surface area (Å²) in [6, 6.07) is 0. The molecule has 0 heterocycles. The van der Waals surface area contributed by atoms with E-state index in [1.165, 1.54) is 0 Å². The van der Waals surface area contributed by atoms with Gasteiger partial charge >= 0.3 is 6.18 Å². The van der Waals surface area contributed by atoms with Crippen LogP contribution in [0.4, 0.5) is 13.2 Å². The van der Waals surface area contributed by atoms with Gasteiger partial charge in [-0.25, -0.2) is 0 Å². The van der Waals surface area contributed by atoms with Crippen LogP contribution in [0.15, 0.2) is 0 Å². The molecule has 0 N–H and O–H groups in total. The van der Waals surface area contributed by atoms with E-state index in [0.717, 1.165) is 6.42 Å². The molecule has 2 atom stereocenters. The summed E-state index contributed by atoms with van der Waals surface area (Å²) in [4.78, 5) is 0.348. The van der Waals surface area contributed by atoms with Gasteiger partial charge in [0.05, 0.1) is 0 Å². The van der Waals surface area contributed by atoms with Crippen molar-refractivity contribution in [1.29, 1.82) is 0 Å². The molecule has 0 bridgehead atoms. The summed E-state index contributed by atoms with van der Waals surface area (Å²) in [6.07, 6.45) is -2.79. The first-order chi connectivity index (χ1) is 5.87. The molecule has 0 aromatic rings. The molecule has 0 radical (unpaired) electrons. The Morgan fingerprint density at radius 1 is 1.31 bits per heavy atom. The molecule has 0 saturated carbocycles. The van der Waals surface area contributed by atoms with Crippen molar-refractivity contribution in [2.24, 2.45) is 5.92 Å². The SMILES string of the molecule is CCC(Br)C(C)CCCC(F)(F)F. The van der Waals surface area contributed by atoms with Crippen LogP contribution >= 0.6 is 15.9 Å². The Labute approximate surface area is 86.0 Å². The first-order valence-corrected chi connectivity index (χ1v) is 5.49. The Balaban J connectivity index is 3.53. The molecule has 0 amide bonds. The van der Waals surface area contributed by atoms with E-state index in [2.05, 4.69) is 15.9 Å². The van der Waals surface area contributed by atoms with Crippen LogP contribution in [0, 0.1) is 5.92 Å². The minimum absolute atomic E-state index is 0.243. The summed E-state index contributed by atoms with van der Waals surface area (Å²) < 4.78 is 35.3. The molecule has 0 spiro atoms. The van der Waals surface area contributed by atoms with Gasteiger partial charge in [-0.1, -0.05) is 29.8 Å². The normalized spacial score (nSPS) is 17.1. The highest BCUT2D eigenvalue weighted by molar-refractivity contribution is 9.09. The first-order valence-electron chi connectivity index (χ1n) is 4.57. The number of rotatable bonds is 5. The van der Waals surface area contributed by atoms with Gasteiger partial charge < -0.3 is 0 Å². The van der Waals surface area contributed by atoms with E-state index < -0.39 is 12.6 Å². The van der Waals surface area contributed by atoms with Crippen LogP contribution in [0.3, 0.4) is 0 Å². The molecule has 0 aliphatic rings. The van der Waals surface area contributed by atoms with Crippen LogP contribution in [-0.4, -0.2) is 11.0 Å². The zero-order chi connectivity index (χ0) is 10.5. The van der Waals surface area contributed by atoms with Crippen molar-refractivity contribution in [2.45, 2.75) is 50.5 Å². The maximum atomic E-state index is 11.8. The fourth-order valence-electron chi connectivity index (χ4n) is 1.21. The Hall–Kier alpha value is 0.270. The zero-order valence-corrected chi connectivity index (χ0v) is 9.58. The lowest BCUT2D eigenvalue weighted by molar-refractivity contribution is -0.136. The molecular weight excluding hydrogens is 245 g/mol. The first kappa shape index (κ1) is 13.3. The number of hydrogen-bond acceptors (Lipinski definition) is 0. The average molecular weight is 261 g/mol. The molecule has 4 heteroatoms. The lowest BCUT2D eigenvalue weighted by Gasteiger charge is -2.16. The average Bonchev–Trinajstić information content (AvgIpc) is 2.00. The van der Waals surface area contributed by atoms with Crippen LogP contribution in [0.25, 0.3) is 0 Å². The van der Waals surface area contributed by atoms with E-state index in [1.54, 1.807) is 0 Å². The summed E-state index contributed by atoms with van der Waals surface area (Å²) >= 11 is 3.44. The Morgan fingerprint density at radius 3 is 2.23 bits per heavy atom. The van der Waals surface area contributed by atoms with Gasteiger partial charge in [0.25, 0.3) is 0 Å². The Kier molecular flexibility index (Phi) is 6.01. The van der Waals surface area contributed by atoms with E-state index in [-0.39, 0.29) is 6.42 Å². The van der Waals surface area contributed by atoms with Crippen LogP contribution in [-0.2, 0) is 0 Å². The molecule has 13 heavy (non-hydrogen) atoms. The van der Waals surface area contributed by atoms with Crippen LogP contribution in [0.5, 0.6) is 0 Å². The molecule has 0 nitrogen and oxygen atoms in total. The highest BCUT2D eigenvalue weighted by Crippen LogP contribution is 2.26. The monoisotopic (exact) mass is 260 g/mol. The van der Waals surface area contributed by atoms with Crippen molar-refractivity contribution in [3.63, 3.8) is 0 Å². The van der Waals surface area contributed by atoms with E-state index in [0.29, 0.717) is 17.2 Å². The molecule has 0 aromatic carbocycles. The third kappa shape index (κ3) is 7.35. The van der Waals surface area contributed by atoms with Gasteiger partial charge in [-0.3, -0.25) is 0 Å². The van der Waals surface area contributed by atoms with Gasteiger partial charge in [0.2, 0.25) is 0 Å². The quantitative estimate of drug-likeness (QED) is 0.638. The molecular formula is C9H16BrF3. The molecule has 0 rings (SSSR count). The smallest absolute Gasteiger partial charge is 0.171 e. The minimum Gasteiger partial charge on any atom is -0.171 e. The van der Waals surface area contributed by atoms with Gasteiger partial charge in [-0.15, -0.1) is 0 Å². The molecule has 0 aromatic heterocycles. The third-order valence-corrected chi connectivity index (χ3v) is 3.68. The summed E-state index contributed by atoms with van der Waals surface area (Å²) in [5, 5.41) is 0. The van der Waals surface area contributed by atoms with Gasteiger partial charge in [0.1, 0.15) is 0 Å².